The third-order valence-corrected chi connectivity index (χ3v) is 3.57. The zero-order valence-electron chi connectivity index (χ0n) is 14.3. The SMILES string of the molecule is COc1cccc2c(F)cccc12.O=[N+]([O-])c1cc([N+](=O)[O-])cc([N+](=O)[O-])c1. The molecule has 11 heteroatoms. The summed E-state index contributed by atoms with van der Waals surface area (Å²) in [5, 5.41) is 32.3. The van der Waals surface area contributed by atoms with E-state index in [4.69, 9.17) is 4.74 Å². The molecule has 0 saturated heterocycles. The van der Waals surface area contributed by atoms with Gasteiger partial charge in [0, 0.05) is 10.8 Å². The zero-order chi connectivity index (χ0) is 20.8. The van der Waals surface area contributed by atoms with Gasteiger partial charge in [0.25, 0.3) is 17.1 Å². The van der Waals surface area contributed by atoms with Crippen LogP contribution in [0.5, 0.6) is 5.75 Å². The van der Waals surface area contributed by atoms with Crippen molar-refractivity contribution in [1.82, 2.24) is 0 Å². The number of nitro benzene ring substituents is 3. The van der Waals surface area contributed by atoms with E-state index in [2.05, 4.69) is 0 Å². The first-order chi connectivity index (χ1) is 13.2. The van der Waals surface area contributed by atoms with Gasteiger partial charge in [-0.15, -0.1) is 0 Å². The summed E-state index contributed by atoms with van der Waals surface area (Å²) in [4.78, 5) is 28.1. The Kier molecular flexibility index (Phi) is 6.11. The number of benzene rings is 3. The van der Waals surface area contributed by atoms with E-state index in [0.29, 0.717) is 29.3 Å². The van der Waals surface area contributed by atoms with Gasteiger partial charge in [-0.05, 0) is 12.1 Å². The molecule has 0 heterocycles. The summed E-state index contributed by atoms with van der Waals surface area (Å²) in [6.45, 7) is 0. The van der Waals surface area contributed by atoms with Crippen molar-refractivity contribution in [2.45, 2.75) is 0 Å². The maximum absolute atomic E-state index is 13.2. The number of non-ortho nitro benzene ring substituents is 3. The Balaban J connectivity index is 0.000000202. The van der Waals surface area contributed by atoms with E-state index in [0.717, 1.165) is 5.39 Å². The molecule has 0 amide bonds. The van der Waals surface area contributed by atoms with Crippen LogP contribution >= 0.6 is 0 Å². The lowest BCUT2D eigenvalue weighted by Gasteiger charge is -2.04. The summed E-state index contributed by atoms with van der Waals surface area (Å²) in [6, 6.07) is 12.3. The number of ether oxygens (including phenoxy) is 1. The second kappa shape index (κ2) is 8.49. The molecule has 0 spiro atoms. The topological polar surface area (TPSA) is 139 Å². The molecule has 0 radical (unpaired) electrons. The molecule has 0 unspecified atom stereocenters. The van der Waals surface area contributed by atoms with Crippen LogP contribution in [0.1, 0.15) is 0 Å². The molecule has 0 atom stereocenters. The number of nitro groups is 3. The molecule has 0 aliphatic carbocycles. The van der Waals surface area contributed by atoms with E-state index in [9.17, 15) is 34.7 Å². The molecule has 0 saturated carbocycles. The maximum Gasteiger partial charge on any atom is 0.283 e. The highest BCUT2D eigenvalue weighted by molar-refractivity contribution is 5.88. The number of halogens is 1. The summed E-state index contributed by atoms with van der Waals surface area (Å²) in [5.74, 6) is 0.494. The predicted molar refractivity (Wildman–Crippen MR) is 96.9 cm³/mol. The lowest BCUT2D eigenvalue weighted by atomic mass is 10.1. The Labute approximate surface area is 156 Å². The number of rotatable bonds is 4. The molecule has 0 aliphatic rings. The van der Waals surface area contributed by atoms with Crippen LogP contribution in [0.15, 0.2) is 54.6 Å². The first kappa shape index (κ1) is 20.2. The number of methoxy groups -OCH3 is 1. The van der Waals surface area contributed by atoms with Gasteiger partial charge in [0.2, 0.25) is 0 Å². The number of fused-ring (bicyclic) bond motifs is 1. The van der Waals surface area contributed by atoms with Gasteiger partial charge in [0.05, 0.1) is 40.1 Å². The van der Waals surface area contributed by atoms with Crippen LogP contribution in [0.3, 0.4) is 0 Å². The largest absolute Gasteiger partial charge is 0.496 e. The fourth-order valence-electron chi connectivity index (χ4n) is 2.32. The average Bonchev–Trinajstić information content (AvgIpc) is 2.68. The fraction of sp³-hybridized carbons (Fsp3) is 0.0588. The third-order valence-electron chi connectivity index (χ3n) is 3.57. The maximum atomic E-state index is 13.2. The van der Waals surface area contributed by atoms with Gasteiger partial charge in [-0.25, -0.2) is 4.39 Å². The van der Waals surface area contributed by atoms with Gasteiger partial charge >= 0.3 is 0 Å². The van der Waals surface area contributed by atoms with Crippen molar-refractivity contribution in [3.63, 3.8) is 0 Å². The molecular weight excluding hydrogens is 377 g/mol. The van der Waals surface area contributed by atoms with Crippen molar-refractivity contribution in [3.8, 4) is 5.75 Å². The van der Waals surface area contributed by atoms with Crippen LogP contribution in [-0.2, 0) is 0 Å². The molecule has 28 heavy (non-hydrogen) atoms. The monoisotopic (exact) mass is 389 g/mol. The Hall–Kier alpha value is -4.15. The van der Waals surface area contributed by atoms with E-state index in [1.165, 1.54) is 6.07 Å². The van der Waals surface area contributed by atoms with Gasteiger partial charge in [-0.1, -0.05) is 24.3 Å². The van der Waals surface area contributed by atoms with Crippen molar-refractivity contribution < 1.29 is 23.9 Å². The number of hydrogen-bond donors (Lipinski definition) is 0. The molecule has 3 aromatic rings. The van der Waals surface area contributed by atoms with Gasteiger partial charge in [0.1, 0.15) is 11.6 Å². The minimum atomic E-state index is -0.931. The van der Waals surface area contributed by atoms with E-state index < -0.39 is 31.8 Å². The average molecular weight is 389 g/mol. The smallest absolute Gasteiger partial charge is 0.283 e. The standard InChI is InChI=1S/C11H9FO.C6H3N3O6/c1-13-11-7-3-4-8-9(11)5-2-6-10(8)12;10-7(11)4-1-5(8(12)13)3-6(2-4)9(14)15/h2-7H,1H3;1-3H. The third kappa shape index (κ3) is 4.52. The molecule has 144 valence electrons. The van der Waals surface area contributed by atoms with Crippen LogP contribution in [0.4, 0.5) is 21.5 Å². The van der Waals surface area contributed by atoms with Crippen LogP contribution in [-0.4, -0.2) is 21.9 Å². The van der Waals surface area contributed by atoms with Gasteiger partial charge in [-0.2, -0.15) is 0 Å². The second-order valence-electron chi connectivity index (χ2n) is 5.27. The van der Waals surface area contributed by atoms with E-state index in [1.807, 2.05) is 12.1 Å². The Morgan fingerprint density at radius 2 is 1.18 bits per heavy atom. The van der Waals surface area contributed by atoms with Gasteiger partial charge in [0.15, 0.2) is 0 Å². The quantitative estimate of drug-likeness (QED) is 0.476. The molecule has 0 N–H and O–H groups in total. The van der Waals surface area contributed by atoms with Gasteiger partial charge in [-0.3, -0.25) is 30.3 Å². The normalized spacial score (nSPS) is 9.93. The second-order valence-corrected chi connectivity index (χ2v) is 5.27. The van der Waals surface area contributed by atoms with Crippen LogP contribution < -0.4 is 4.74 Å². The lowest BCUT2D eigenvalue weighted by Crippen LogP contribution is -1.96. The molecular formula is C17H12FN3O7. The van der Waals surface area contributed by atoms with Gasteiger partial charge < -0.3 is 4.74 Å². The molecule has 0 bridgehead atoms. The first-order valence-corrected chi connectivity index (χ1v) is 7.54. The fourth-order valence-corrected chi connectivity index (χ4v) is 2.32. The van der Waals surface area contributed by atoms with Crippen molar-refractivity contribution in [3.05, 3.63) is 90.8 Å². The molecule has 10 nitrogen and oxygen atoms in total. The van der Waals surface area contributed by atoms with E-state index in [-0.39, 0.29) is 5.82 Å². The number of nitrogens with zero attached hydrogens (tertiary/aromatic N) is 3. The Morgan fingerprint density at radius 3 is 1.61 bits per heavy atom. The van der Waals surface area contributed by atoms with Crippen molar-refractivity contribution >= 4 is 27.8 Å². The zero-order valence-corrected chi connectivity index (χ0v) is 14.3. The Morgan fingerprint density at radius 1 is 0.750 bits per heavy atom. The van der Waals surface area contributed by atoms with Crippen molar-refractivity contribution in [2.24, 2.45) is 0 Å². The molecule has 3 aromatic carbocycles. The summed E-state index contributed by atoms with van der Waals surface area (Å²) < 4.78 is 18.4. The summed E-state index contributed by atoms with van der Waals surface area (Å²) in [5.41, 5.74) is -2.05. The lowest BCUT2D eigenvalue weighted by molar-refractivity contribution is -0.403. The van der Waals surface area contributed by atoms with E-state index in [1.54, 1.807) is 25.3 Å². The first-order valence-electron chi connectivity index (χ1n) is 7.54. The predicted octanol–water partition coefficient (Wildman–Crippen LogP) is 4.40. The van der Waals surface area contributed by atoms with Crippen LogP contribution in [0.25, 0.3) is 10.8 Å². The summed E-state index contributed by atoms with van der Waals surface area (Å²) in [7, 11) is 1.58. The molecule has 0 aliphatic heterocycles. The molecule has 0 aromatic heterocycles. The summed E-state index contributed by atoms with van der Waals surface area (Å²) >= 11 is 0. The van der Waals surface area contributed by atoms with Crippen molar-refractivity contribution in [1.29, 1.82) is 0 Å². The molecule has 0 fully saturated rings. The highest BCUT2D eigenvalue weighted by Gasteiger charge is 2.21. The van der Waals surface area contributed by atoms with Crippen LogP contribution in [0, 0.1) is 36.2 Å². The minimum Gasteiger partial charge on any atom is -0.496 e. The number of hydrogen-bond acceptors (Lipinski definition) is 7. The molecule has 3 rings (SSSR count). The van der Waals surface area contributed by atoms with Crippen molar-refractivity contribution in [2.75, 3.05) is 7.11 Å². The highest BCUT2D eigenvalue weighted by Crippen LogP contribution is 2.27. The van der Waals surface area contributed by atoms with Crippen LogP contribution in [0.2, 0.25) is 0 Å². The highest BCUT2D eigenvalue weighted by atomic mass is 19.1. The minimum absolute atomic E-state index is 0.212. The van der Waals surface area contributed by atoms with E-state index >= 15 is 0 Å². The Bertz CT molecular complexity index is 993. The summed E-state index contributed by atoms with van der Waals surface area (Å²) in [6.07, 6.45) is 0.